The number of nitriles is 1. The van der Waals surface area contributed by atoms with Gasteiger partial charge in [0, 0.05) is 31.7 Å². The smallest absolute Gasteiger partial charge is 0.263 e. The molecule has 0 saturated carbocycles. The Morgan fingerprint density at radius 2 is 2.22 bits per heavy atom. The molecule has 2 N–H and O–H groups in total. The van der Waals surface area contributed by atoms with E-state index in [4.69, 9.17) is 5.26 Å². The predicted molar refractivity (Wildman–Crippen MR) is 68.1 cm³/mol. The molecule has 5 nitrogen and oxygen atoms in total. The van der Waals surface area contributed by atoms with Crippen molar-refractivity contribution in [1.82, 2.24) is 15.6 Å². The number of nitrogens with one attached hydrogen (secondary N) is 2. The first-order valence-corrected chi connectivity index (χ1v) is 5.78. The molecule has 0 saturated heterocycles. The maximum Gasteiger partial charge on any atom is 0.263 e. The Morgan fingerprint density at radius 1 is 1.50 bits per heavy atom. The van der Waals surface area contributed by atoms with Gasteiger partial charge in [-0.15, -0.1) is 0 Å². The summed E-state index contributed by atoms with van der Waals surface area (Å²) in [6, 6.07) is 5.60. The summed E-state index contributed by atoms with van der Waals surface area (Å²) in [5, 5.41) is 14.5. The molecule has 5 heteroatoms. The molecule has 94 valence electrons. The van der Waals surface area contributed by atoms with Crippen molar-refractivity contribution in [1.29, 1.82) is 5.26 Å². The normalized spacial score (nSPS) is 10.6. The lowest BCUT2D eigenvalue weighted by atomic mass is 10.2. The first-order chi connectivity index (χ1) is 8.77. The van der Waals surface area contributed by atoms with Gasteiger partial charge in [0.25, 0.3) is 5.91 Å². The number of pyridine rings is 1. The minimum atomic E-state index is -0.346. The molecule has 18 heavy (non-hydrogen) atoms. The Labute approximate surface area is 107 Å². The van der Waals surface area contributed by atoms with Gasteiger partial charge in [0.1, 0.15) is 11.6 Å². The third kappa shape index (κ3) is 4.66. The Balaban J connectivity index is 2.48. The zero-order valence-corrected chi connectivity index (χ0v) is 10.3. The van der Waals surface area contributed by atoms with Crippen LogP contribution in [0.4, 0.5) is 0 Å². The number of carbonyl (C=O) groups is 1. The summed E-state index contributed by atoms with van der Waals surface area (Å²) in [6.45, 7) is 3.08. The van der Waals surface area contributed by atoms with Crippen LogP contribution in [-0.4, -0.2) is 17.4 Å². The van der Waals surface area contributed by atoms with Gasteiger partial charge in [0.2, 0.25) is 0 Å². The van der Waals surface area contributed by atoms with Gasteiger partial charge < -0.3 is 10.6 Å². The van der Waals surface area contributed by atoms with E-state index in [0.717, 1.165) is 12.0 Å². The topological polar surface area (TPSA) is 77.8 Å². The van der Waals surface area contributed by atoms with Crippen molar-refractivity contribution in [3.63, 3.8) is 0 Å². The lowest BCUT2D eigenvalue weighted by molar-refractivity contribution is -0.117. The standard InChI is InChI=1S/C13H16N4O/c1-2-5-17-13(18)12(8-14)10-16-9-11-3-6-15-7-4-11/h3-4,6-7,10,16H,2,5,9H2,1H3,(H,17,18)/b12-10-. The van der Waals surface area contributed by atoms with Gasteiger partial charge in [-0.3, -0.25) is 9.78 Å². The molecule has 0 aliphatic heterocycles. The van der Waals surface area contributed by atoms with Crippen LogP contribution in [0.2, 0.25) is 0 Å². The van der Waals surface area contributed by atoms with E-state index in [-0.39, 0.29) is 11.5 Å². The average molecular weight is 244 g/mol. The Hall–Kier alpha value is -2.35. The maximum absolute atomic E-state index is 11.5. The van der Waals surface area contributed by atoms with Gasteiger partial charge in [-0.25, -0.2) is 0 Å². The minimum absolute atomic E-state index is 0.0810. The lowest BCUT2D eigenvalue weighted by Crippen LogP contribution is -2.26. The Bertz CT molecular complexity index is 448. The monoisotopic (exact) mass is 244 g/mol. The van der Waals surface area contributed by atoms with E-state index in [1.54, 1.807) is 12.4 Å². The Morgan fingerprint density at radius 3 is 2.83 bits per heavy atom. The highest BCUT2D eigenvalue weighted by atomic mass is 16.1. The van der Waals surface area contributed by atoms with E-state index in [2.05, 4.69) is 15.6 Å². The SMILES string of the molecule is CCCNC(=O)/C(C#N)=C\NCc1ccncc1. The molecule has 0 aliphatic carbocycles. The molecule has 0 unspecified atom stereocenters. The van der Waals surface area contributed by atoms with Crippen molar-refractivity contribution in [2.45, 2.75) is 19.9 Å². The molecule has 1 rings (SSSR count). The zero-order valence-electron chi connectivity index (χ0n) is 10.3. The molecule has 0 aromatic carbocycles. The summed E-state index contributed by atoms with van der Waals surface area (Å²) in [4.78, 5) is 15.4. The van der Waals surface area contributed by atoms with Gasteiger partial charge in [-0.1, -0.05) is 6.92 Å². The molecule has 0 bridgehead atoms. The van der Waals surface area contributed by atoms with Crippen LogP contribution in [0.25, 0.3) is 0 Å². The minimum Gasteiger partial charge on any atom is -0.386 e. The van der Waals surface area contributed by atoms with E-state index in [1.807, 2.05) is 25.1 Å². The summed E-state index contributed by atoms with van der Waals surface area (Å²) in [5.41, 5.74) is 1.12. The second kappa shape index (κ2) is 7.85. The van der Waals surface area contributed by atoms with Gasteiger partial charge in [-0.05, 0) is 24.1 Å². The van der Waals surface area contributed by atoms with Crippen LogP contribution in [0.5, 0.6) is 0 Å². The van der Waals surface area contributed by atoms with Crippen molar-refractivity contribution in [3.8, 4) is 6.07 Å². The van der Waals surface area contributed by atoms with Crippen molar-refractivity contribution in [3.05, 3.63) is 41.9 Å². The van der Waals surface area contributed by atoms with Gasteiger partial charge in [0.15, 0.2) is 0 Å². The van der Waals surface area contributed by atoms with E-state index in [9.17, 15) is 4.79 Å². The Kier molecular flexibility index (Phi) is 5.98. The number of nitrogens with zero attached hydrogens (tertiary/aromatic N) is 2. The molecule has 0 fully saturated rings. The van der Waals surface area contributed by atoms with Crippen molar-refractivity contribution >= 4 is 5.91 Å². The average Bonchev–Trinajstić information content (AvgIpc) is 2.42. The molecule has 1 amide bonds. The van der Waals surface area contributed by atoms with E-state index in [0.29, 0.717) is 13.1 Å². The summed E-state index contributed by atoms with van der Waals surface area (Å²) in [6.07, 6.45) is 5.67. The highest BCUT2D eigenvalue weighted by Gasteiger charge is 2.06. The second-order valence-corrected chi connectivity index (χ2v) is 3.66. The van der Waals surface area contributed by atoms with E-state index >= 15 is 0 Å². The molecular formula is C13H16N4O. The number of hydrogen-bond donors (Lipinski definition) is 2. The first kappa shape index (κ1) is 13.7. The fourth-order valence-corrected chi connectivity index (χ4v) is 1.25. The predicted octanol–water partition coefficient (Wildman–Crippen LogP) is 1.10. The third-order valence-electron chi connectivity index (χ3n) is 2.20. The molecule has 0 spiro atoms. The van der Waals surface area contributed by atoms with Crippen molar-refractivity contribution in [2.24, 2.45) is 0 Å². The van der Waals surface area contributed by atoms with Crippen LogP contribution in [-0.2, 0) is 11.3 Å². The number of rotatable bonds is 6. The summed E-state index contributed by atoms with van der Waals surface area (Å²) in [5.74, 6) is -0.346. The fraction of sp³-hybridized carbons (Fsp3) is 0.308. The molecule has 1 aromatic rings. The van der Waals surface area contributed by atoms with Crippen LogP contribution < -0.4 is 10.6 Å². The van der Waals surface area contributed by atoms with Crippen LogP contribution in [0.1, 0.15) is 18.9 Å². The molecule has 0 atom stereocenters. The molecule has 0 radical (unpaired) electrons. The summed E-state index contributed by atoms with van der Waals surface area (Å²) >= 11 is 0. The second-order valence-electron chi connectivity index (χ2n) is 3.66. The molecule has 1 aromatic heterocycles. The van der Waals surface area contributed by atoms with Crippen LogP contribution >= 0.6 is 0 Å². The molecule has 0 aliphatic rings. The van der Waals surface area contributed by atoms with Crippen molar-refractivity contribution < 1.29 is 4.79 Å². The summed E-state index contributed by atoms with van der Waals surface area (Å²) < 4.78 is 0. The van der Waals surface area contributed by atoms with Crippen molar-refractivity contribution in [2.75, 3.05) is 6.54 Å². The zero-order chi connectivity index (χ0) is 13.2. The highest BCUT2D eigenvalue weighted by Crippen LogP contribution is 1.96. The van der Waals surface area contributed by atoms with Gasteiger partial charge in [0.05, 0.1) is 0 Å². The maximum atomic E-state index is 11.5. The van der Waals surface area contributed by atoms with Gasteiger partial charge >= 0.3 is 0 Å². The number of carbonyl (C=O) groups excluding carboxylic acids is 1. The van der Waals surface area contributed by atoms with Gasteiger partial charge in [-0.2, -0.15) is 5.26 Å². The van der Waals surface area contributed by atoms with Crippen LogP contribution in [0.15, 0.2) is 36.3 Å². The molecule has 1 heterocycles. The van der Waals surface area contributed by atoms with Crippen LogP contribution in [0, 0.1) is 11.3 Å². The quantitative estimate of drug-likeness (QED) is 0.580. The summed E-state index contributed by atoms with van der Waals surface area (Å²) in [7, 11) is 0. The fourth-order valence-electron chi connectivity index (χ4n) is 1.25. The third-order valence-corrected chi connectivity index (χ3v) is 2.20. The number of aromatic nitrogens is 1. The first-order valence-electron chi connectivity index (χ1n) is 5.78. The lowest BCUT2D eigenvalue weighted by Gasteiger charge is -2.03. The number of amides is 1. The molecular weight excluding hydrogens is 228 g/mol. The highest BCUT2D eigenvalue weighted by molar-refractivity contribution is 5.97. The largest absolute Gasteiger partial charge is 0.386 e. The number of hydrogen-bond acceptors (Lipinski definition) is 4. The van der Waals surface area contributed by atoms with Crippen LogP contribution in [0.3, 0.4) is 0 Å². The van der Waals surface area contributed by atoms with E-state index < -0.39 is 0 Å². The van der Waals surface area contributed by atoms with E-state index in [1.165, 1.54) is 6.20 Å².